The third-order valence-corrected chi connectivity index (χ3v) is 1.90. The molecule has 2 N–H and O–H groups in total. The van der Waals surface area contributed by atoms with E-state index < -0.39 is 6.10 Å². The molecule has 1 aromatic rings. The van der Waals surface area contributed by atoms with E-state index in [-0.39, 0.29) is 6.61 Å². The third kappa shape index (κ3) is 4.08. The molecule has 0 spiro atoms. The van der Waals surface area contributed by atoms with E-state index >= 15 is 0 Å². The first-order chi connectivity index (χ1) is 6.83. The molecule has 0 fully saturated rings. The van der Waals surface area contributed by atoms with Crippen LogP contribution in [0.1, 0.15) is 12.0 Å². The van der Waals surface area contributed by atoms with Gasteiger partial charge < -0.3 is 10.2 Å². The molecule has 14 heavy (non-hydrogen) atoms. The zero-order valence-electron chi connectivity index (χ0n) is 7.98. The molecule has 2 nitrogen and oxygen atoms in total. The van der Waals surface area contributed by atoms with Gasteiger partial charge in [0, 0.05) is 0 Å². The van der Waals surface area contributed by atoms with E-state index in [0.717, 1.165) is 6.42 Å². The quantitative estimate of drug-likeness (QED) is 0.697. The van der Waals surface area contributed by atoms with E-state index in [4.69, 9.17) is 5.11 Å². The average Bonchev–Trinajstić information content (AvgIpc) is 2.25. The zero-order valence-corrected chi connectivity index (χ0v) is 7.98. The number of aliphatic hydroxyl groups is 2. The first-order valence-electron chi connectivity index (χ1n) is 4.64. The van der Waals surface area contributed by atoms with Crippen molar-refractivity contribution in [3.05, 3.63) is 35.9 Å². The summed E-state index contributed by atoms with van der Waals surface area (Å²) >= 11 is 0. The lowest BCUT2D eigenvalue weighted by Crippen LogP contribution is -2.04. The van der Waals surface area contributed by atoms with Gasteiger partial charge in [0.25, 0.3) is 0 Å². The van der Waals surface area contributed by atoms with Crippen molar-refractivity contribution < 1.29 is 10.2 Å². The van der Waals surface area contributed by atoms with E-state index in [1.165, 1.54) is 5.56 Å². The highest BCUT2D eigenvalue weighted by Gasteiger charge is 1.99. The Morgan fingerprint density at radius 2 is 1.93 bits per heavy atom. The van der Waals surface area contributed by atoms with Gasteiger partial charge in [-0.15, -0.1) is 0 Å². The molecule has 1 rings (SSSR count). The summed E-state index contributed by atoms with van der Waals surface area (Å²) in [5, 5.41) is 17.8. The van der Waals surface area contributed by atoms with Crippen LogP contribution in [-0.4, -0.2) is 22.9 Å². The van der Waals surface area contributed by atoms with Crippen LogP contribution < -0.4 is 0 Å². The summed E-state index contributed by atoms with van der Waals surface area (Å²) in [7, 11) is 0. The molecule has 2 heteroatoms. The Balaban J connectivity index is 2.34. The Hall–Kier alpha value is -1.30. The van der Waals surface area contributed by atoms with E-state index in [0.29, 0.717) is 6.42 Å². The number of rotatable bonds is 3. The summed E-state index contributed by atoms with van der Waals surface area (Å²) in [5.41, 5.74) is 1.19. The molecule has 0 saturated heterocycles. The number of aryl methyl sites for hydroxylation is 1. The summed E-state index contributed by atoms with van der Waals surface area (Å²) in [6.07, 6.45) is 0.779. The molecule has 1 atom stereocenters. The fraction of sp³-hybridized carbons (Fsp3) is 0.333. The minimum Gasteiger partial charge on any atom is -0.384 e. The lowest BCUT2D eigenvalue weighted by Gasteiger charge is -2.02. The monoisotopic (exact) mass is 190 g/mol. The average molecular weight is 190 g/mol. The van der Waals surface area contributed by atoms with Gasteiger partial charge in [0.2, 0.25) is 0 Å². The SMILES string of the molecule is OCC#CC(O)CCc1ccccc1. The predicted molar refractivity (Wildman–Crippen MR) is 55.6 cm³/mol. The number of aliphatic hydroxyl groups excluding tert-OH is 2. The zero-order chi connectivity index (χ0) is 10.2. The molecule has 0 amide bonds. The van der Waals surface area contributed by atoms with Crippen molar-refractivity contribution in [1.82, 2.24) is 0 Å². The fourth-order valence-electron chi connectivity index (χ4n) is 1.18. The van der Waals surface area contributed by atoms with Crippen molar-refractivity contribution >= 4 is 0 Å². The van der Waals surface area contributed by atoms with Gasteiger partial charge in [-0.1, -0.05) is 42.2 Å². The summed E-state index contributed by atoms with van der Waals surface area (Å²) < 4.78 is 0. The molecule has 0 aliphatic heterocycles. The van der Waals surface area contributed by atoms with Crippen LogP contribution in [0.4, 0.5) is 0 Å². The van der Waals surface area contributed by atoms with Crippen molar-refractivity contribution in [3.63, 3.8) is 0 Å². The molecule has 0 aromatic heterocycles. The first kappa shape index (κ1) is 10.8. The Morgan fingerprint density at radius 3 is 2.57 bits per heavy atom. The molecule has 0 radical (unpaired) electrons. The molecular formula is C12H14O2. The van der Waals surface area contributed by atoms with Crippen LogP contribution in [-0.2, 0) is 6.42 Å². The molecule has 1 unspecified atom stereocenters. The van der Waals surface area contributed by atoms with Crippen LogP contribution in [0.5, 0.6) is 0 Å². The van der Waals surface area contributed by atoms with Gasteiger partial charge in [-0.25, -0.2) is 0 Å². The molecule has 0 aliphatic carbocycles. The van der Waals surface area contributed by atoms with Crippen LogP contribution in [0, 0.1) is 11.8 Å². The second-order valence-electron chi connectivity index (χ2n) is 3.02. The second-order valence-corrected chi connectivity index (χ2v) is 3.02. The van der Waals surface area contributed by atoms with E-state index in [1.807, 2.05) is 30.3 Å². The topological polar surface area (TPSA) is 40.5 Å². The summed E-state index contributed by atoms with van der Waals surface area (Å²) in [6, 6.07) is 9.95. The van der Waals surface area contributed by atoms with Crippen LogP contribution in [0.15, 0.2) is 30.3 Å². The van der Waals surface area contributed by atoms with Gasteiger partial charge in [-0.05, 0) is 18.4 Å². The highest BCUT2D eigenvalue weighted by Crippen LogP contribution is 2.04. The van der Waals surface area contributed by atoms with Crippen molar-refractivity contribution in [2.45, 2.75) is 18.9 Å². The van der Waals surface area contributed by atoms with E-state index in [1.54, 1.807) is 0 Å². The summed E-state index contributed by atoms with van der Waals surface area (Å²) in [6.45, 7) is -0.192. The standard InChI is InChI=1S/C12H14O2/c13-10-4-7-12(14)9-8-11-5-2-1-3-6-11/h1-3,5-6,12-14H,8-10H2. The van der Waals surface area contributed by atoms with Gasteiger partial charge in [0.15, 0.2) is 0 Å². The molecule has 74 valence electrons. The minimum atomic E-state index is -0.637. The Labute approximate surface area is 84.2 Å². The number of hydrogen-bond donors (Lipinski definition) is 2. The molecule has 0 heterocycles. The smallest absolute Gasteiger partial charge is 0.115 e. The molecule has 0 aliphatic rings. The van der Waals surface area contributed by atoms with Crippen LogP contribution >= 0.6 is 0 Å². The lowest BCUT2D eigenvalue weighted by atomic mass is 10.1. The normalized spacial score (nSPS) is 11.6. The Bertz CT molecular complexity index is 308. The highest BCUT2D eigenvalue weighted by atomic mass is 16.3. The van der Waals surface area contributed by atoms with Crippen molar-refractivity contribution in [1.29, 1.82) is 0 Å². The highest BCUT2D eigenvalue weighted by molar-refractivity contribution is 5.15. The third-order valence-electron chi connectivity index (χ3n) is 1.90. The predicted octanol–water partition coefficient (Wildman–Crippen LogP) is 0.976. The van der Waals surface area contributed by atoms with Crippen molar-refractivity contribution in [2.24, 2.45) is 0 Å². The van der Waals surface area contributed by atoms with E-state index in [9.17, 15) is 5.11 Å². The fourth-order valence-corrected chi connectivity index (χ4v) is 1.18. The van der Waals surface area contributed by atoms with Crippen LogP contribution in [0.3, 0.4) is 0 Å². The maximum atomic E-state index is 9.36. The summed E-state index contributed by atoms with van der Waals surface area (Å²) in [5.74, 6) is 5.00. The molecule has 1 aromatic carbocycles. The second kappa shape index (κ2) is 6.20. The molecule has 0 saturated carbocycles. The van der Waals surface area contributed by atoms with Crippen molar-refractivity contribution in [2.75, 3.05) is 6.61 Å². The van der Waals surface area contributed by atoms with Gasteiger partial charge in [-0.3, -0.25) is 0 Å². The van der Waals surface area contributed by atoms with Gasteiger partial charge in [-0.2, -0.15) is 0 Å². The molecular weight excluding hydrogens is 176 g/mol. The maximum Gasteiger partial charge on any atom is 0.115 e. The van der Waals surface area contributed by atoms with Gasteiger partial charge in [0.1, 0.15) is 12.7 Å². The molecule has 0 bridgehead atoms. The van der Waals surface area contributed by atoms with Crippen molar-refractivity contribution in [3.8, 4) is 11.8 Å². The van der Waals surface area contributed by atoms with E-state index in [2.05, 4.69) is 11.8 Å². The van der Waals surface area contributed by atoms with Gasteiger partial charge in [0.05, 0.1) is 0 Å². The first-order valence-corrected chi connectivity index (χ1v) is 4.64. The number of hydrogen-bond acceptors (Lipinski definition) is 2. The Morgan fingerprint density at radius 1 is 1.21 bits per heavy atom. The lowest BCUT2D eigenvalue weighted by molar-refractivity contribution is 0.222. The summed E-state index contributed by atoms with van der Waals surface area (Å²) in [4.78, 5) is 0. The number of benzene rings is 1. The maximum absolute atomic E-state index is 9.36. The van der Waals surface area contributed by atoms with Gasteiger partial charge >= 0.3 is 0 Å². The van der Waals surface area contributed by atoms with Crippen LogP contribution in [0.2, 0.25) is 0 Å². The Kier molecular flexibility index (Phi) is 4.77. The minimum absolute atomic E-state index is 0.192. The van der Waals surface area contributed by atoms with Crippen LogP contribution in [0.25, 0.3) is 0 Å². The largest absolute Gasteiger partial charge is 0.384 e.